The zero-order chi connectivity index (χ0) is 13.2. The summed E-state index contributed by atoms with van der Waals surface area (Å²) < 4.78 is 1.30. The summed E-state index contributed by atoms with van der Waals surface area (Å²) >= 11 is 2.35. The third-order valence-electron chi connectivity index (χ3n) is 4.33. The molecule has 2 atom stereocenters. The van der Waals surface area contributed by atoms with Crippen LogP contribution in [-0.4, -0.2) is 5.54 Å². The zero-order valence-corrected chi connectivity index (χ0v) is 13.6. The molecule has 2 rings (SSSR count). The number of hydrogen-bond donors (Lipinski definition) is 1. The first-order valence-corrected chi connectivity index (χ1v) is 8.10. The molecular formula is C16H24IN. The predicted molar refractivity (Wildman–Crippen MR) is 86.6 cm³/mol. The van der Waals surface area contributed by atoms with Gasteiger partial charge in [0.15, 0.2) is 0 Å². The van der Waals surface area contributed by atoms with Gasteiger partial charge in [-0.2, -0.15) is 0 Å². The molecule has 18 heavy (non-hydrogen) atoms. The third-order valence-corrected chi connectivity index (χ3v) is 5.05. The number of halogens is 1. The molecule has 100 valence electrons. The van der Waals surface area contributed by atoms with Crippen LogP contribution in [0.4, 0.5) is 0 Å². The lowest BCUT2D eigenvalue weighted by molar-refractivity contribution is 0.182. The smallest absolute Gasteiger partial charge is 0.0197 e. The number of nitrogens with two attached hydrogens (primary N) is 1. The molecule has 0 spiro atoms. The third kappa shape index (κ3) is 3.70. The van der Waals surface area contributed by atoms with Gasteiger partial charge < -0.3 is 5.73 Å². The van der Waals surface area contributed by atoms with Gasteiger partial charge in [0.2, 0.25) is 0 Å². The summed E-state index contributed by atoms with van der Waals surface area (Å²) in [5.74, 6) is 1.58. The molecule has 0 radical (unpaired) electrons. The molecular weight excluding hydrogens is 333 g/mol. The highest BCUT2D eigenvalue weighted by atomic mass is 127. The topological polar surface area (TPSA) is 26.0 Å². The van der Waals surface area contributed by atoms with Crippen molar-refractivity contribution in [3.05, 3.63) is 33.4 Å². The highest BCUT2D eigenvalue weighted by Crippen LogP contribution is 2.36. The van der Waals surface area contributed by atoms with Crippen LogP contribution < -0.4 is 5.73 Å². The van der Waals surface area contributed by atoms with Gasteiger partial charge in [0.25, 0.3) is 0 Å². The van der Waals surface area contributed by atoms with Gasteiger partial charge in [-0.3, -0.25) is 0 Å². The highest BCUT2D eigenvalue weighted by molar-refractivity contribution is 14.1. The maximum Gasteiger partial charge on any atom is 0.0197 e. The molecule has 1 saturated carbocycles. The lowest BCUT2D eigenvalue weighted by Gasteiger charge is -2.40. The molecule has 2 unspecified atom stereocenters. The minimum absolute atomic E-state index is 0.0278. The van der Waals surface area contributed by atoms with Crippen molar-refractivity contribution < 1.29 is 0 Å². The molecule has 1 aromatic rings. The summed E-state index contributed by atoms with van der Waals surface area (Å²) in [6, 6.07) is 8.83. The van der Waals surface area contributed by atoms with Crippen molar-refractivity contribution in [1.29, 1.82) is 0 Å². The Labute approximate surface area is 125 Å². The molecule has 2 heteroatoms. The molecule has 0 saturated heterocycles. The minimum Gasteiger partial charge on any atom is -0.325 e. The Bertz CT molecular complexity index is 385. The van der Waals surface area contributed by atoms with Crippen molar-refractivity contribution >= 4 is 22.6 Å². The van der Waals surface area contributed by atoms with E-state index in [0.717, 1.165) is 18.3 Å². The van der Waals surface area contributed by atoms with Crippen LogP contribution in [0.1, 0.15) is 45.1 Å². The Morgan fingerprint density at radius 1 is 1.33 bits per heavy atom. The van der Waals surface area contributed by atoms with Crippen molar-refractivity contribution in [3.8, 4) is 0 Å². The quantitative estimate of drug-likeness (QED) is 0.799. The summed E-state index contributed by atoms with van der Waals surface area (Å²) in [6.07, 6.45) is 6.07. The van der Waals surface area contributed by atoms with E-state index in [4.69, 9.17) is 5.73 Å². The molecule has 2 N–H and O–H groups in total. The van der Waals surface area contributed by atoms with Crippen molar-refractivity contribution in [2.75, 3.05) is 0 Å². The Hall–Kier alpha value is -0.0900. The van der Waals surface area contributed by atoms with Gasteiger partial charge >= 0.3 is 0 Å². The van der Waals surface area contributed by atoms with Crippen molar-refractivity contribution in [1.82, 2.24) is 0 Å². The Morgan fingerprint density at radius 2 is 2.00 bits per heavy atom. The zero-order valence-electron chi connectivity index (χ0n) is 11.5. The van der Waals surface area contributed by atoms with Crippen LogP contribution in [0.3, 0.4) is 0 Å². The summed E-state index contributed by atoms with van der Waals surface area (Å²) in [6.45, 7) is 4.67. The fraction of sp³-hybridized carbons (Fsp3) is 0.625. The fourth-order valence-electron chi connectivity index (χ4n) is 3.18. The average molecular weight is 357 g/mol. The van der Waals surface area contributed by atoms with Gasteiger partial charge in [0, 0.05) is 9.11 Å². The lowest BCUT2D eigenvalue weighted by atomic mass is 9.70. The summed E-state index contributed by atoms with van der Waals surface area (Å²) in [5, 5.41) is 0. The Morgan fingerprint density at radius 3 is 2.61 bits per heavy atom. The second-order valence-corrected chi connectivity index (χ2v) is 7.51. The maximum atomic E-state index is 6.66. The van der Waals surface area contributed by atoms with Crippen LogP contribution in [0.2, 0.25) is 0 Å². The van der Waals surface area contributed by atoms with E-state index in [1.54, 1.807) is 0 Å². The van der Waals surface area contributed by atoms with Crippen LogP contribution >= 0.6 is 22.6 Å². The normalized spacial score (nSPS) is 28.6. The molecule has 0 amide bonds. The van der Waals surface area contributed by atoms with Crippen LogP contribution in [0.15, 0.2) is 24.3 Å². The van der Waals surface area contributed by atoms with Gasteiger partial charge in [-0.15, -0.1) is 0 Å². The van der Waals surface area contributed by atoms with E-state index < -0.39 is 0 Å². The predicted octanol–water partition coefficient (Wildman–Crippen LogP) is 4.38. The lowest BCUT2D eigenvalue weighted by Crippen LogP contribution is -2.47. The van der Waals surface area contributed by atoms with Crippen molar-refractivity contribution in [2.45, 2.75) is 51.5 Å². The minimum atomic E-state index is 0.0278. The van der Waals surface area contributed by atoms with Gasteiger partial charge in [-0.1, -0.05) is 38.8 Å². The van der Waals surface area contributed by atoms with E-state index in [1.807, 2.05) is 0 Å². The first-order chi connectivity index (χ1) is 8.48. The van der Waals surface area contributed by atoms with E-state index in [9.17, 15) is 0 Å². The number of benzene rings is 1. The molecule has 1 nitrogen and oxygen atoms in total. The summed E-state index contributed by atoms with van der Waals surface area (Å²) in [4.78, 5) is 0. The van der Waals surface area contributed by atoms with Gasteiger partial charge in [-0.05, 0) is 71.4 Å². The van der Waals surface area contributed by atoms with Crippen molar-refractivity contribution in [3.63, 3.8) is 0 Å². The monoisotopic (exact) mass is 357 g/mol. The first kappa shape index (κ1) is 14.3. The SMILES string of the molecule is CC(C)C1CCCC(N)(Cc2ccc(I)cc2)C1. The maximum absolute atomic E-state index is 6.66. The molecule has 0 bridgehead atoms. The average Bonchev–Trinajstić information content (AvgIpc) is 2.32. The molecule has 0 aliphatic heterocycles. The van der Waals surface area contributed by atoms with E-state index >= 15 is 0 Å². The number of hydrogen-bond acceptors (Lipinski definition) is 1. The molecule has 1 aliphatic rings. The second-order valence-electron chi connectivity index (χ2n) is 6.27. The highest BCUT2D eigenvalue weighted by Gasteiger charge is 2.33. The van der Waals surface area contributed by atoms with Crippen LogP contribution in [0, 0.1) is 15.4 Å². The summed E-state index contributed by atoms with van der Waals surface area (Å²) in [5.41, 5.74) is 8.07. The molecule has 1 fully saturated rings. The summed E-state index contributed by atoms with van der Waals surface area (Å²) in [7, 11) is 0. The molecule has 1 aromatic carbocycles. The van der Waals surface area contributed by atoms with E-state index in [1.165, 1.54) is 34.8 Å². The van der Waals surface area contributed by atoms with Gasteiger partial charge in [0.1, 0.15) is 0 Å². The van der Waals surface area contributed by atoms with Crippen molar-refractivity contribution in [2.24, 2.45) is 17.6 Å². The fourth-order valence-corrected chi connectivity index (χ4v) is 3.54. The van der Waals surface area contributed by atoms with Crippen LogP contribution in [-0.2, 0) is 6.42 Å². The molecule has 1 aliphatic carbocycles. The standard InChI is InChI=1S/C16H24IN/c1-12(2)14-4-3-9-16(18,11-14)10-13-5-7-15(17)8-6-13/h5-8,12,14H,3-4,9-11,18H2,1-2H3. The Balaban J connectivity index is 2.04. The van der Waals surface area contributed by atoms with E-state index in [2.05, 4.69) is 60.7 Å². The van der Waals surface area contributed by atoms with Crippen LogP contribution in [0.5, 0.6) is 0 Å². The van der Waals surface area contributed by atoms with E-state index in [0.29, 0.717) is 0 Å². The second kappa shape index (κ2) is 5.91. The molecule has 0 heterocycles. The largest absolute Gasteiger partial charge is 0.325 e. The molecule has 0 aromatic heterocycles. The first-order valence-electron chi connectivity index (χ1n) is 7.02. The van der Waals surface area contributed by atoms with E-state index in [-0.39, 0.29) is 5.54 Å². The van der Waals surface area contributed by atoms with Gasteiger partial charge in [-0.25, -0.2) is 0 Å². The van der Waals surface area contributed by atoms with Gasteiger partial charge in [0.05, 0.1) is 0 Å². The van der Waals surface area contributed by atoms with Crippen LogP contribution in [0.25, 0.3) is 0 Å². The Kier molecular flexibility index (Phi) is 4.70. The number of rotatable bonds is 3.